The van der Waals surface area contributed by atoms with Crippen LogP contribution in [-0.4, -0.2) is 36.6 Å². The minimum atomic E-state index is -0.192. The number of carbonyl (C=O) groups is 1. The van der Waals surface area contributed by atoms with Gasteiger partial charge in [0.15, 0.2) is 0 Å². The zero-order valence-electron chi connectivity index (χ0n) is 11.6. The van der Waals surface area contributed by atoms with Gasteiger partial charge in [0.25, 0.3) is 0 Å². The van der Waals surface area contributed by atoms with Crippen LogP contribution >= 0.6 is 12.6 Å². The molecule has 0 radical (unpaired) electrons. The summed E-state index contributed by atoms with van der Waals surface area (Å²) < 4.78 is 5.52. The number of methoxy groups -OCH3 is 1. The summed E-state index contributed by atoms with van der Waals surface area (Å²) in [6, 6.07) is 7.75. The standard InChI is InChI=1S/C15H21NO2S/c1-15(18-2)8-3-9-16(11-15)14(17)10-12-4-6-13(19)7-5-12/h4-7,19H,3,8-11H2,1-2H3. The number of amides is 1. The molecule has 1 aromatic carbocycles. The lowest BCUT2D eigenvalue weighted by molar-refractivity contribution is -0.138. The number of nitrogens with zero attached hydrogens (tertiary/aromatic N) is 1. The number of benzene rings is 1. The van der Waals surface area contributed by atoms with Gasteiger partial charge in [-0.15, -0.1) is 12.6 Å². The summed E-state index contributed by atoms with van der Waals surface area (Å²) in [5.74, 6) is 0.176. The van der Waals surface area contributed by atoms with Gasteiger partial charge in [-0.05, 0) is 37.5 Å². The van der Waals surface area contributed by atoms with Gasteiger partial charge in [0.2, 0.25) is 5.91 Å². The molecule has 2 rings (SSSR count). The van der Waals surface area contributed by atoms with E-state index in [0.29, 0.717) is 13.0 Å². The number of carbonyl (C=O) groups excluding carboxylic acids is 1. The molecule has 1 fully saturated rings. The lowest BCUT2D eigenvalue weighted by atomic mass is 9.94. The second-order valence-corrected chi connectivity index (χ2v) is 5.93. The van der Waals surface area contributed by atoms with E-state index < -0.39 is 0 Å². The van der Waals surface area contributed by atoms with Crippen LogP contribution in [0, 0.1) is 0 Å². The minimum absolute atomic E-state index is 0.176. The van der Waals surface area contributed by atoms with Crippen LogP contribution in [0.1, 0.15) is 25.3 Å². The molecule has 1 atom stereocenters. The molecule has 1 aliphatic heterocycles. The van der Waals surface area contributed by atoms with Crippen molar-refractivity contribution in [2.75, 3.05) is 20.2 Å². The predicted molar refractivity (Wildman–Crippen MR) is 78.6 cm³/mol. The molecule has 1 unspecified atom stereocenters. The zero-order chi connectivity index (χ0) is 13.9. The predicted octanol–water partition coefficient (Wildman–Crippen LogP) is 2.55. The number of hydrogen-bond donors (Lipinski definition) is 1. The van der Waals surface area contributed by atoms with Crippen LogP contribution in [0.5, 0.6) is 0 Å². The first-order chi connectivity index (χ1) is 9.02. The Balaban J connectivity index is 1.98. The lowest BCUT2D eigenvalue weighted by Crippen LogP contribution is -2.50. The first-order valence-electron chi connectivity index (χ1n) is 6.63. The Morgan fingerprint density at radius 2 is 2.11 bits per heavy atom. The molecule has 0 aliphatic carbocycles. The molecule has 0 aromatic heterocycles. The average molecular weight is 279 g/mol. The summed E-state index contributed by atoms with van der Waals surface area (Å²) in [6.07, 6.45) is 2.47. The number of rotatable bonds is 3. The maximum Gasteiger partial charge on any atom is 0.227 e. The molecule has 0 saturated carbocycles. The molecule has 0 bridgehead atoms. The molecule has 0 N–H and O–H groups in total. The fourth-order valence-electron chi connectivity index (χ4n) is 2.49. The van der Waals surface area contributed by atoms with Gasteiger partial charge in [0.1, 0.15) is 0 Å². The number of thiol groups is 1. The summed E-state index contributed by atoms with van der Waals surface area (Å²) in [4.78, 5) is 15.1. The largest absolute Gasteiger partial charge is 0.377 e. The number of likely N-dealkylation sites (tertiary alicyclic amines) is 1. The number of piperidine rings is 1. The van der Waals surface area contributed by atoms with Crippen molar-refractivity contribution in [3.63, 3.8) is 0 Å². The summed E-state index contributed by atoms with van der Waals surface area (Å²) in [7, 11) is 1.72. The van der Waals surface area contributed by atoms with Gasteiger partial charge < -0.3 is 9.64 Å². The molecule has 1 aromatic rings. The summed E-state index contributed by atoms with van der Waals surface area (Å²) in [5.41, 5.74) is 0.843. The van der Waals surface area contributed by atoms with E-state index in [0.717, 1.165) is 29.8 Å². The number of hydrogen-bond acceptors (Lipinski definition) is 3. The molecule has 3 nitrogen and oxygen atoms in total. The van der Waals surface area contributed by atoms with Crippen LogP contribution in [0.4, 0.5) is 0 Å². The second-order valence-electron chi connectivity index (χ2n) is 5.42. The lowest BCUT2D eigenvalue weighted by Gasteiger charge is -2.39. The normalized spacial score (nSPS) is 23.4. The molecule has 19 heavy (non-hydrogen) atoms. The van der Waals surface area contributed by atoms with Crippen molar-refractivity contribution in [3.05, 3.63) is 29.8 Å². The average Bonchev–Trinajstić information content (AvgIpc) is 2.41. The Kier molecular flexibility index (Phi) is 4.53. The monoisotopic (exact) mass is 279 g/mol. The summed E-state index contributed by atoms with van der Waals surface area (Å²) in [6.45, 7) is 3.59. The van der Waals surface area contributed by atoms with Gasteiger partial charge in [-0.25, -0.2) is 0 Å². The fraction of sp³-hybridized carbons (Fsp3) is 0.533. The van der Waals surface area contributed by atoms with Crippen LogP contribution in [0.25, 0.3) is 0 Å². The summed E-state index contributed by atoms with van der Waals surface area (Å²) >= 11 is 4.25. The van der Waals surface area contributed by atoms with Gasteiger partial charge in [-0.3, -0.25) is 4.79 Å². The Bertz CT molecular complexity index is 446. The fourth-order valence-corrected chi connectivity index (χ4v) is 2.63. The molecule has 1 aliphatic rings. The van der Waals surface area contributed by atoms with Crippen LogP contribution in [0.2, 0.25) is 0 Å². The molecule has 104 valence electrons. The maximum atomic E-state index is 12.3. The van der Waals surface area contributed by atoms with Crippen molar-refractivity contribution in [1.29, 1.82) is 0 Å². The smallest absolute Gasteiger partial charge is 0.227 e. The second kappa shape index (κ2) is 5.97. The van der Waals surface area contributed by atoms with E-state index in [-0.39, 0.29) is 11.5 Å². The van der Waals surface area contributed by atoms with Crippen molar-refractivity contribution >= 4 is 18.5 Å². The van der Waals surface area contributed by atoms with E-state index in [1.165, 1.54) is 0 Å². The minimum Gasteiger partial charge on any atom is -0.377 e. The zero-order valence-corrected chi connectivity index (χ0v) is 12.5. The van der Waals surface area contributed by atoms with Crippen LogP contribution < -0.4 is 0 Å². The van der Waals surface area contributed by atoms with Crippen LogP contribution in [-0.2, 0) is 16.0 Å². The highest BCUT2D eigenvalue weighted by molar-refractivity contribution is 7.80. The van der Waals surface area contributed by atoms with Crippen molar-refractivity contribution in [2.45, 2.75) is 36.7 Å². The Morgan fingerprint density at radius 3 is 2.74 bits per heavy atom. The summed E-state index contributed by atoms with van der Waals surface area (Å²) in [5, 5.41) is 0. The molecular weight excluding hydrogens is 258 g/mol. The molecule has 0 spiro atoms. The van der Waals surface area contributed by atoms with Gasteiger partial charge in [-0.2, -0.15) is 0 Å². The number of ether oxygens (including phenoxy) is 1. The van der Waals surface area contributed by atoms with Gasteiger partial charge >= 0.3 is 0 Å². The highest BCUT2D eigenvalue weighted by Gasteiger charge is 2.32. The SMILES string of the molecule is COC1(C)CCCN(C(=O)Cc2ccc(S)cc2)C1. The maximum absolute atomic E-state index is 12.3. The van der Waals surface area contributed by atoms with E-state index >= 15 is 0 Å². The molecule has 1 heterocycles. The molecule has 1 amide bonds. The van der Waals surface area contributed by atoms with Crippen molar-refractivity contribution < 1.29 is 9.53 Å². The van der Waals surface area contributed by atoms with E-state index in [4.69, 9.17) is 4.74 Å². The third kappa shape index (κ3) is 3.74. The van der Waals surface area contributed by atoms with E-state index in [1.54, 1.807) is 7.11 Å². The Morgan fingerprint density at radius 1 is 1.42 bits per heavy atom. The van der Waals surface area contributed by atoms with Crippen LogP contribution in [0.15, 0.2) is 29.2 Å². The Hall–Kier alpha value is -1.00. The molecule has 1 saturated heterocycles. The Labute approximate surface area is 120 Å². The highest BCUT2D eigenvalue weighted by atomic mass is 32.1. The van der Waals surface area contributed by atoms with E-state index in [1.807, 2.05) is 29.2 Å². The van der Waals surface area contributed by atoms with Crippen molar-refractivity contribution in [2.24, 2.45) is 0 Å². The molecule has 4 heteroatoms. The topological polar surface area (TPSA) is 29.5 Å². The van der Waals surface area contributed by atoms with Crippen molar-refractivity contribution in [1.82, 2.24) is 4.90 Å². The first kappa shape index (κ1) is 14.4. The van der Waals surface area contributed by atoms with E-state index in [9.17, 15) is 4.79 Å². The third-order valence-corrected chi connectivity index (χ3v) is 4.09. The molecular formula is C15H21NO2S. The third-order valence-electron chi connectivity index (χ3n) is 3.80. The van der Waals surface area contributed by atoms with Crippen LogP contribution in [0.3, 0.4) is 0 Å². The quantitative estimate of drug-likeness (QED) is 0.862. The van der Waals surface area contributed by atoms with Gasteiger partial charge in [0, 0.05) is 25.1 Å². The van der Waals surface area contributed by atoms with Gasteiger partial charge in [0.05, 0.1) is 12.0 Å². The van der Waals surface area contributed by atoms with Gasteiger partial charge in [-0.1, -0.05) is 12.1 Å². The highest BCUT2D eigenvalue weighted by Crippen LogP contribution is 2.24. The van der Waals surface area contributed by atoms with Crippen molar-refractivity contribution in [3.8, 4) is 0 Å². The van der Waals surface area contributed by atoms with E-state index in [2.05, 4.69) is 19.6 Å². The first-order valence-corrected chi connectivity index (χ1v) is 7.08.